The molecule has 1 aliphatic rings. The number of methoxy groups -OCH3 is 1. The van der Waals surface area contributed by atoms with Crippen molar-refractivity contribution in [2.45, 2.75) is 38.1 Å². The lowest BCUT2D eigenvalue weighted by Gasteiger charge is -2.22. The minimum absolute atomic E-state index is 0.00323. The van der Waals surface area contributed by atoms with E-state index in [2.05, 4.69) is 34.3 Å². The molecule has 2 aromatic rings. The molecule has 144 valence electrons. The predicted octanol–water partition coefficient (Wildman–Crippen LogP) is 4.13. The maximum absolute atomic E-state index is 12.5. The molecule has 0 bridgehead atoms. The largest absolute Gasteiger partial charge is 0.468 e. The first-order valence-electron chi connectivity index (χ1n) is 9.26. The van der Waals surface area contributed by atoms with Crippen molar-refractivity contribution in [3.63, 3.8) is 0 Å². The van der Waals surface area contributed by atoms with Crippen LogP contribution in [0.2, 0.25) is 0 Å². The number of fused-ring (bicyclic) bond motifs is 1. The number of rotatable bonds is 8. The molecule has 0 aliphatic heterocycles. The average molecular weight is 404 g/mol. The van der Waals surface area contributed by atoms with E-state index in [0.29, 0.717) is 12.2 Å². The Morgan fingerprint density at radius 1 is 1.22 bits per heavy atom. The fourth-order valence-electron chi connectivity index (χ4n) is 3.32. The maximum Gasteiger partial charge on any atom is 0.315 e. The average Bonchev–Trinajstić information content (AvgIpc) is 3.23. The Balaban J connectivity index is 1.66. The van der Waals surface area contributed by atoms with Gasteiger partial charge in [-0.05, 0) is 53.8 Å². The lowest BCUT2D eigenvalue weighted by Crippen LogP contribution is -2.29. The van der Waals surface area contributed by atoms with E-state index in [0.717, 1.165) is 23.3 Å². The third kappa shape index (κ3) is 5.59. The lowest BCUT2D eigenvalue weighted by molar-refractivity contribution is -0.137. The van der Waals surface area contributed by atoms with Crippen LogP contribution in [0.25, 0.3) is 0 Å². The van der Waals surface area contributed by atoms with Crippen molar-refractivity contribution in [3.05, 3.63) is 57.3 Å². The van der Waals surface area contributed by atoms with Gasteiger partial charge in [-0.2, -0.15) is 0 Å². The van der Waals surface area contributed by atoms with E-state index in [-0.39, 0.29) is 23.7 Å². The highest BCUT2D eigenvalue weighted by Gasteiger charge is 2.20. The van der Waals surface area contributed by atoms with Crippen LogP contribution in [0.1, 0.15) is 46.9 Å². The standard InChI is InChI=1S/C21H25NO3S2/c1-25-20(24)14-26-12-10-19(23)22-21(18-7-4-11-27-18)17-9-8-15-5-2-3-6-16(15)13-17/h4,7-9,11,13,21H,2-3,5-6,10,12,14H2,1H3,(H,22,23). The summed E-state index contributed by atoms with van der Waals surface area (Å²) >= 11 is 3.08. The molecule has 1 aromatic heterocycles. The summed E-state index contributed by atoms with van der Waals surface area (Å²) in [7, 11) is 1.37. The van der Waals surface area contributed by atoms with Gasteiger partial charge in [-0.15, -0.1) is 23.1 Å². The second-order valence-electron chi connectivity index (χ2n) is 6.63. The Kier molecular flexibility index (Phi) is 7.35. The van der Waals surface area contributed by atoms with E-state index in [1.165, 1.54) is 42.8 Å². The highest BCUT2D eigenvalue weighted by molar-refractivity contribution is 7.99. The van der Waals surface area contributed by atoms with E-state index >= 15 is 0 Å². The van der Waals surface area contributed by atoms with Crippen molar-refractivity contribution in [1.82, 2.24) is 5.32 Å². The minimum Gasteiger partial charge on any atom is -0.468 e. The van der Waals surface area contributed by atoms with Gasteiger partial charge in [0.05, 0.1) is 18.9 Å². The number of benzene rings is 1. The smallest absolute Gasteiger partial charge is 0.315 e. The number of ether oxygens (including phenoxy) is 1. The van der Waals surface area contributed by atoms with Gasteiger partial charge in [-0.1, -0.05) is 24.3 Å². The molecule has 3 rings (SSSR count). The van der Waals surface area contributed by atoms with Gasteiger partial charge in [0.25, 0.3) is 0 Å². The molecule has 6 heteroatoms. The zero-order chi connectivity index (χ0) is 19.1. The first kappa shape index (κ1) is 20.0. The summed E-state index contributed by atoms with van der Waals surface area (Å²) in [5.41, 5.74) is 4.01. The van der Waals surface area contributed by atoms with Crippen LogP contribution in [0.3, 0.4) is 0 Å². The molecule has 1 unspecified atom stereocenters. The molecule has 4 nitrogen and oxygen atoms in total. The van der Waals surface area contributed by atoms with E-state index in [4.69, 9.17) is 0 Å². The lowest BCUT2D eigenvalue weighted by atomic mass is 9.89. The quantitative estimate of drug-likeness (QED) is 0.532. The number of hydrogen-bond donors (Lipinski definition) is 1. The third-order valence-corrected chi connectivity index (χ3v) is 6.63. The summed E-state index contributed by atoms with van der Waals surface area (Å²) in [6.07, 6.45) is 5.17. The van der Waals surface area contributed by atoms with Crippen LogP contribution in [-0.4, -0.2) is 30.5 Å². The molecule has 0 radical (unpaired) electrons. The van der Waals surface area contributed by atoms with Crippen LogP contribution < -0.4 is 5.32 Å². The maximum atomic E-state index is 12.5. The summed E-state index contributed by atoms with van der Waals surface area (Å²) in [4.78, 5) is 24.8. The Bertz CT molecular complexity index is 774. The number of amides is 1. The molecule has 1 N–H and O–H groups in total. The molecule has 1 aliphatic carbocycles. The molecular formula is C21H25NO3S2. The van der Waals surface area contributed by atoms with Gasteiger partial charge in [0.2, 0.25) is 5.91 Å². The number of thioether (sulfide) groups is 1. The summed E-state index contributed by atoms with van der Waals surface area (Å²) in [6.45, 7) is 0. The topological polar surface area (TPSA) is 55.4 Å². The molecule has 1 amide bonds. The SMILES string of the molecule is COC(=O)CSCCC(=O)NC(c1ccc2c(c1)CCCC2)c1cccs1. The van der Waals surface area contributed by atoms with Crippen LogP contribution >= 0.6 is 23.1 Å². The van der Waals surface area contributed by atoms with Gasteiger partial charge in [-0.3, -0.25) is 9.59 Å². The minimum atomic E-state index is -0.258. The van der Waals surface area contributed by atoms with Crippen LogP contribution in [-0.2, 0) is 27.2 Å². The molecular weight excluding hydrogens is 378 g/mol. The van der Waals surface area contributed by atoms with Crippen LogP contribution in [0.4, 0.5) is 0 Å². The van der Waals surface area contributed by atoms with Gasteiger partial charge in [0, 0.05) is 17.1 Å². The van der Waals surface area contributed by atoms with Crippen molar-refractivity contribution < 1.29 is 14.3 Å². The zero-order valence-electron chi connectivity index (χ0n) is 15.5. The van der Waals surface area contributed by atoms with Crippen molar-refractivity contribution in [2.75, 3.05) is 18.6 Å². The molecule has 0 spiro atoms. The van der Waals surface area contributed by atoms with E-state index in [1.54, 1.807) is 11.3 Å². The second kappa shape index (κ2) is 9.95. The summed E-state index contributed by atoms with van der Waals surface area (Å²) < 4.78 is 4.62. The first-order valence-corrected chi connectivity index (χ1v) is 11.3. The zero-order valence-corrected chi connectivity index (χ0v) is 17.2. The highest BCUT2D eigenvalue weighted by atomic mass is 32.2. The number of aryl methyl sites for hydroxylation is 2. The molecule has 27 heavy (non-hydrogen) atoms. The Labute approximate surface area is 168 Å². The number of carbonyl (C=O) groups is 2. The van der Waals surface area contributed by atoms with Crippen LogP contribution in [0.15, 0.2) is 35.7 Å². The highest BCUT2D eigenvalue weighted by Crippen LogP contribution is 2.30. The van der Waals surface area contributed by atoms with Gasteiger partial charge in [0.1, 0.15) is 0 Å². The number of esters is 1. The fraction of sp³-hybridized carbons (Fsp3) is 0.429. The molecule has 1 aromatic carbocycles. The van der Waals surface area contributed by atoms with E-state index < -0.39 is 0 Å². The van der Waals surface area contributed by atoms with Crippen molar-refractivity contribution in [1.29, 1.82) is 0 Å². The van der Waals surface area contributed by atoms with E-state index in [9.17, 15) is 9.59 Å². The van der Waals surface area contributed by atoms with Gasteiger partial charge in [0.15, 0.2) is 0 Å². The molecule has 1 atom stereocenters. The second-order valence-corrected chi connectivity index (χ2v) is 8.71. The Morgan fingerprint density at radius 2 is 2.04 bits per heavy atom. The van der Waals surface area contributed by atoms with Crippen LogP contribution in [0.5, 0.6) is 0 Å². The normalized spacial score (nSPS) is 14.3. The Morgan fingerprint density at radius 3 is 2.78 bits per heavy atom. The van der Waals surface area contributed by atoms with Crippen molar-refractivity contribution >= 4 is 35.0 Å². The number of thiophene rings is 1. The van der Waals surface area contributed by atoms with Gasteiger partial charge >= 0.3 is 5.97 Å². The summed E-state index contributed by atoms with van der Waals surface area (Å²) in [6, 6.07) is 10.6. The summed E-state index contributed by atoms with van der Waals surface area (Å²) in [5, 5.41) is 5.23. The number of hydrogen-bond acceptors (Lipinski definition) is 5. The van der Waals surface area contributed by atoms with E-state index in [1.807, 2.05) is 11.4 Å². The Hall–Kier alpha value is -1.79. The van der Waals surface area contributed by atoms with Gasteiger partial charge < -0.3 is 10.1 Å². The molecule has 0 saturated heterocycles. The van der Waals surface area contributed by atoms with Crippen LogP contribution in [0, 0.1) is 0 Å². The number of nitrogens with one attached hydrogen (secondary N) is 1. The monoisotopic (exact) mass is 403 g/mol. The van der Waals surface area contributed by atoms with Crippen molar-refractivity contribution in [3.8, 4) is 0 Å². The molecule has 0 saturated carbocycles. The first-order chi connectivity index (χ1) is 13.2. The predicted molar refractivity (Wildman–Crippen MR) is 111 cm³/mol. The van der Waals surface area contributed by atoms with Crippen molar-refractivity contribution in [2.24, 2.45) is 0 Å². The summed E-state index contributed by atoms with van der Waals surface area (Å²) in [5.74, 6) is 0.625. The van der Waals surface area contributed by atoms with Gasteiger partial charge in [-0.25, -0.2) is 0 Å². The molecule has 1 heterocycles. The molecule has 0 fully saturated rings. The number of carbonyl (C=O) groups excluding carboxylic acids is 2. The fourth-order valence-corrected chi connectivity index (χ4v) is 4.88. The third-order valence-electron chi connectivity index (χ3n) is 4.76.